The van der Waals surface area contributed by atoms with Crippen LogP contribution in [-0.4, -0.2) is 29.0 Å². The van der Waals surface area contributed by atoms with Crippen molar-refractivity contribution in [2.75, 3.05) is 23.3 Å². The van der Waals surface area contributed by atoms with E-state index < -0.39 is 0 Å². The summed E-state index contributed by atoms with van der Waals surface area (Å²) in [5.74, 6) is 0.579. The fraction of sp³-hybridized carbons (Fsp3) is 0.261. The lowest BCUT2D eigenvalue weighted by molar-refractivity contribution is -0.120. The van der Waals surface area contributed by atoms with Gasteiger partial charge in [0.15, 0.2) is 0 Å². The van der Waals surface area contributed by atoms with Gasteiger partial charge in [0.25, 0.3) is 0 Å². The Balaban J connectivity index is 1.33. The summed E-state index contributed by atoms with van der Waals surface area (Å²) in [5.41, 5.74) is 2.56. The second kappa shape index (κ2) is 8.16. The fourth-order valence-corrected chi connectivity index (χ4v) is 5.55. The lowest BCUT2D eigenvalue weighted by Crippen LogP contribution is -2.38. The van der Waals surface area contributed by atoms with Crippen molar-refractivity contribution in [3.63, 3.8) is 0 Å². The standard InChI is InChI=1S/C23H20BrFN4OS/c1-13-11-15(5-6-16(13)24)28-23(30)14-7-9-29(10-8-14)22-21-20(26-12-27-22)19-17(25)3-2-4-18(19)31-21/h2-6,11-12,14H,7-10H2,1H3,(H,28,30). The Bertz CT molecular complexity index is 1300. The number of rotatable bonds is 3. The molecule has 0 atom stereocenters. The summed E-state index contributed by atoms with van der Waals surface area (Å²) in [6, 6.07) is 10.9. The minimum atomic E-state index is -0.257. The molecule has 1 aliphatic rings. The summed E-state index contributed by atoms with van der Waals surface area (Å²) in [6.07, 6.45) is 2.99. The van der Waals surface area contributed by atoms with Crippen LogP contribution in [0.15, 0.2) is 47.2 Å². The maximum absolute atomic E-state index is 14.4. The minimum absolute atomic E-state index is 0.0441. The molecule has 1 saturated heterocycles. The highest BCUT2D eigenvalue weighted by atomic mass is 79.9. The topological polar surface area (TPSA) is 58.1 Å². The van der Waals surface area contributed by atoms with Crippen LogP contribution in [0.3, 0.4) is 0 Å². The van der Waals surface area contributed by atoms with Crippen molar-refractivity contribution in [1.29, 1.82) is 0 Å². The van der Waals surface area contributed by atoms with Gasteiger partial charge in [-0.05, 0) is 55.7 Å². The van der Waals surface area contributed by atoms with Crippen molar-refractivity contribution in [2.24, 2.45) is 5.92 Å². The molecule has 1 fully saturated rings. The Hall–Kier alpha value is -2.58. The summed E-state index contributed by atoms with van der Waals surface area (Å²) in [4.78, 5) is 23.8. The lowest BCUT2D eigenvalue weighted by Gasteiger charge is -2.32. The molecule has 0 radical (unpaired) electrons. The van der Waals surface area contributed by atoms with E-state index >= 15 is 0 Å². The Kier molecular flexibility index (Phi) is 5.35. The Morgan fingerprint density at radius 1 is 1.23 bits per heavy atom. The number of fused-ring (bicyclic) bond motifs is 3. The van der Waals surface area contributed by atoms with E-state index in [4.69, 9.17) is 0 Å². The van der Waals surface area contributed by atoms with E-state index in [1.54, 1.807) is 6.07 Å². The second-order valence-electron chi connectivity index (χ2n) is 7.80. The van der Waals surface area contributed by atoms with Crippen LogP contribution in [0, 0.1) is 18.7 Å². The number of piperidine rings is 1. The smallest absolute Gasteiger partial charge is 0.227 e. The van der Waals surface area contributed by atoms with Gasteiger partial charge in [-0.15, -0.1) is 11.3 Å². The molecule has 0 unspecified atom stereocenters. The van der Waals surface area contributed by atoms with Crippen LogP contribution in [0.25, 0.3) is 20.3 Å². The third-order valence-corrected chi connectivity index (χ3v) is 7.83. The molecule has 5 rings (SSSR count). The molecule has 0 aliphatic carbocycles. The highest BCUT2D eigenvalue weighted by Crippen LogP contribution is 2.39. The van der Waals surface area contributed by atoms with E-state index in [-0.39, 0.29) is 17.6 Å². The van der Waals surface area contributed by atoms with E-state index in [0.29, 0.717) is 10.9 Å². The Morgan fingerprint density at radius 2 is 2.03 bits per heavy atom. The molecule has 158 valence electrons. The molecule has 1 aliphatic heterocycles. The first-order chi connectivity index (χ1) is 15.0. The predicted molar refractivity (Wildman–Crippen MR) is 127 cm³/mol. The number of thiophene rings is 1. The van der Waals surface area contributed by atoms with Crippen LogP contribution in [-0.2, 0) is 4.79 Å². The highest BCUT2D eigenvalue weighted by molar-refractivity contribution is 9.10. The van der Waals surface area contributed by atoms with Gasteiger partial charge in [-0.2, -0.15) is 0 Å². The molecule has 3 heterocycles. The number of nitrogens with zero attached hydrogens (tertiary/aromatic N) is 3. The van der Waals surface area contributed by atoms with Crippen LogP contribution in [0.5, 0.6) is 0 Å². The zero-order valence-electron chi connectivity index (χ0n) is 16.9. The number of halogens is 2. The second-order valence-corrected chi connectivity index (χ2v) is 9.71. The lowest BCUT2D eigenvalue weighted by atomic mass is 9.95. The summed E-state index contributed by atoms with van der Waals surface area (Å²) in [5, 5.41) is 3.60. The molecule has 8 heteroatoms. The number of benzene rings is 2. The maximum atomic E-state index is 14.4. The molecular formula is C23H20BrFN4OS. The van der Waals surface area contributed by atoms with Gasteiger partial charge < -0.3 is 10.2 Å². The molecule has 1 N–H and O–H groups in total. The van der Waals surface area contributed by atoms with Gasteiger partial charge in [0, 0.05) is 33.9 Å². The molecule has 2 aromatic carbocycles. The maximum Gasteiger partial charge on any atom is 0.227 e. The molecule has 1 amide bonds. The number of hydrogen-bond donors (Lipinski definition) is 1. The molecular weight excluding hydrogens is 479 g/mol. The van der Waals surface area contributed by atoms with Crippen LogP contribution >= 0.6 is 27.3 Å². The van der Waals surface area contributed by atoms with Crippen molar-refractivity contribution in [3.05, 3.63) is 58.6 Å². The minimum Gasteiger partial charge on any atom is -0.355 e. The van der Waals surface area contributed by atoms with Gasteiger partial charge in [-0.3, -0.25) is 4.79 Å². The summed E-state index contributed by atoms with van der Waals surface area (Å²) in [7, 11) is 0. The molecule has 0 saturated carbocycles. The van der Waals surface area contributed by atoms with Crippen molar-refractivity contribution >= 4 is 65.0 Å². The first-order valence-corrected chi connectivity index (χ1v) is 11.8. The van der Waals surface area contributed by atoms with Crippen LogP contribution in [0.2, 0.25) is 0 Å². The van der Waals surface area contributed by atoms with E-state index in [9.17, 15) is 9.18 Å². The van der Waals surface area contributed by atoms with Crippen LogP contribution < -0.4 is 10.2 Å². The van der Waals surface area contributed by atoms with Crippen LogP contribution in [0.4, 0.5) is 15.9 Å². The van der Waals surface area contributed by atoms with Gasteiger partial charge in [-0.25, -0.2) is 14.4 Å². The SMILES string of the molecule is Cc1cc(NC(=O)C2CCN(c3ncnc4c3sc3cccc(F)c34)CC2)ccc1Br. The molecule has 31 heavy (non-hydrogen) atoms. The third-order valence-electron chi connectivity index (χ3n) is 5.80. The van der Waals surface area contributed by atoms with Gasteiger partial charge in [0.05, 0.1) is 15.6 Å². The predicted octanol–water partition coefficient (Wildman–Crippen LogP) is 5.91. The zero-order chi connectivity index (χ0) is 21.5. The van der Waals surface area contributed by atoms with Crippen molar-refractivity contribution in [1.82, 2.24) is 9.97 Å². The first kappa shape index (κ1) is 20.3. The number of hydrogen-bond acceptors (Lipinski definition) is 5. The Labute approximate surface area is 191 Å². The van der Waals surface area contributed by atoms with Crippen molar-refractivity contribution in [2.45, 2.75) is 19.8 Å². The number of carbonyl (C=O) groups excluding carboxylic acids is 1. The van der Waals surface area contributed by atoms with E-state index in [2.05, 4.69) is 36.1 Å². The summed E-state index contributed by atoms with van der Waals surface area (Å²) >= 11 is 5.00. The number of carbonyl (C=O) groups is 1. The van der Waals surface area contributed by atoms with E-state index in [0.717, 1.165) is 56.9 Å². The summed E-state index contributed by atoms with van der Waals surface area (Å²) in [6.45, 7) is 3.45. The zero-order valence-corrected chi connectivity index (χ0v) is 19.3. The number of amides is 1. The Morgan fingerprint density at radius 3 is 2.81 bits per heavy atom. The van der Waals surface area contributed by atoms with E-state index in [1.807, 2.05) is 31.2 Å². The first-order valence-electron chi connectivity index (χ1n) is 10.1. The average Bonchev–Trinajstić information content (AvgIpc) is 3.16. The fourth-order valence-electron chi connectivity index (χ4n) is 4.11. The number of aromatic nitrogens is 2. The van der Waals surface area contributed by atoms with Gasteiger partial charge in [0.1, 0.15) is 18.0 Å². The van der Waals surface area contributed by atoms with Gasteiger partial charge in [-0.1, -0.05) is 22.0 Å². The highest BCUT2D eigenvalue weighted by Gasteiger charge is 2.27. The molecule has 0 bridgehead atoms. The van der Waals surface area contributed by atoms with Gasteiger partial charge >= 0.3 is 0 Å². The van der Waals surface area contributed by atoms with E-state index in [1.165, 1.54) is 23.7 Å². The van der Waals surface area contributed by atoms with Crippen molar-refractivity contribution in [3.8, 4) is 0 Å². The number of anilines is 2. The largest absolute Gasteiger partial charge is 0.355 e. The quantitative estimate of drug-likeness (QED) is 0.381. The van der Waals surface area contributed by atoms with Crippen molar-refractivity contribution < 1.29 is 9.18 Å². The average molecular weight is 499 g/mol. The van der Waals surface area contributed by atoms with Crippen LogP contribution in [0.1, 0.15) is 18.4 Å². The normalized spacial score (nSPS) is 15.0. The molecule has 0 spiro atoms. The number of aryl methyl sites for hydroxylation is 1. The number of nitrogens with one attached hydrogen (secondary N) is 1. The molecule has 4 aromatic rings. The van der Waals surface area contributed by atoms with Gasteiger partial charge in [0.2, 0.25) is 5.91 Å². The summed E-state index contributed by atoms with van der Waals surface area (Å²) < 4.78 is 17.2. The monoisotopic (exact) mass is 498 g/mol. The molecule has 5 nitrogen and oxygen atoms in total. The third kappa shape index (κ3) is 3.78. The molecule has 2 aromatic heterocycles.